The number of hydrogen-bond donors (Lipinski definition) is 1. The van der Waals surface area contributed by atoms with Gasteiger partial charge in [0.25, 0.3) is 5.91 Å². The molecule has 0 bridgehead atoms. The van der Waals surface area contributed by atoms with Crippen LogP contribution in [0.5, 0.6) is 0 Å². The predicted octanol–water partition coefficient (Wildman–Crippen LogP) is 3.76. The largest absolute Gasteiger partial charge is 0.343 e. The summed E-state index contributed by atoms with van der Waals surface area (Å²) in [6.07, 6.45) is 6.76. The Labute approximate surface area is 162 Å². The molecule has 3 aliphatic rings. The number of halogens is 1. The van der Waals surface area contributed by atoms with Crippen LogP contribution in [0.1, 0.15) is 53.6 Å². The van der Waals surface area contributed by atoms with Gasteiger partial charge >= 0.3 is 0 Å². The van der Waals surface area contributed by atoms with E-state index in [9.17, 15) is 4.79 Å². The first-order valence-corrected chi connectivity index (χ1v) is 10.3. The summed E-state index contributed by atoms with van der Waals surface area (Å²) in [7, 11) is 0. The molecule has 0 unspecified atom stereocenters. The SMILES string of the molecule is Cc1ccc(Br)cc1C(=O)NC1(C2=c3cccc4c3=C(CC2)CC4)CC1. The number of nitrogens with one attached hydrogen (secondary N) is 1. The topological polar surface area (TPSA) is 29.1 Å². The van der Waals surface area contributed by atoms with E-state index < -0.39 is 0 Å². The first kappa shape index (κ1) is 16.3. The third-order valence-corrected chi connectivity index (χ3v) is 6.82. The van der Waals surface area contributed by atoms with Crippen molar-refractivity contribution in [1.82, 2.24) is 5.32 Å². The Morgan fingerprint density at radius 2 is 1.88 bits per heavy atom. The molecule has 1 saturated carbocycles. The molecule has 3 heteroatoms. The van der Waals surface area contributed by atoms with Gasteiger partial charge in [0.1, 0.15) is 0 Å². The summed E-state index contributed by atoms with van der Waals surface area (Å²) in [6.45, 7) is 2.00. The highest BCUT2D eigenvalue weighted by Crippen LogP contribution is 2.46. The normalized spacial score (nSPS) is 19.3. The van der Waals surface area contributed by atoms with Crippen molar-refractivity contribution in [3.05, 3.63) is 68.0 Å². The average molecular weight is 408 g/mol. The summed E-state index contributed by atoms with van der Waals surface area (Å²) in [4.78, 5) is 13.0. The van der Waals surface area contributed by atoms with Crippen molar-refractivity contribution in [2.24, 2.45) is 0 Å². The molecule has 132 valence electrons. The molecule has 0 saturated heterocycles. The van der Waals surface area contributed by atoms with Crippen LogP contribution in [0.4, 0.5) is 0 Å². The van der Waals surface area contributed by atoms with Gasteiger partial charge in [-0.2, -0.15) is 0 Å². The number of amides is 1. The maximum Gasteiger partial charge on any atom is 0.252 e. The summed E-state index contributed by atoms with van der Waals surface area (Å²) < 4.78 is 0.948. The Kier molecular flexibility index (Phi) is 3.65. The number of rotatable bonds is 3. The summed E-state index contributed by atoms with van der Waals surface area (Å²) in [5.74, 6) is 0.0520. The minimum absolute atomic E-state index is 0.0520. The third kappa shape index (κ3) is 2.48. The van der Waals surface area contributed by atoms with Crippen molar-refractivity contribution < 1.29 is 4.79 Å². The lowest BCUT2D eigenvalue weighted by Gasteiger charge is -2.25. The number of carbonyl (C=O) groups excluding carboxylic acids is 1. The highest BCUT2D eigenvalue weighted by molar-refractivity contribution is 9.10. The molecule has 2 aromatic rings. The fourth-order valence-corrected chi connectivity index (χ4v) is 5.16. The first-order valence-electron chi connectivity index (χ1n) is 9.50. The van der Waals surface area contributed by atoms with Crippen LogP contribution >= 0.6 is 15.9 Å². The summed E-state index contributed by atoms with van der Waals surface area (Å²) >= 11 is 3.49. The summed E-state index contributed by atoms with van der Waals surface area (Å²) in [5, 5.41) is 6.33. The highest BCUT2D eigenvalue weighted by Gasteiger charge is 2.48. The first-order chi connectivity index (χ1) is 12.6. The standard InChI is InChI=1S/C23H22BrNO/c1-14-5-9-17(24)13-19(14)22(26)25-23(11-12-23)20-10-8-16-7-6-15-3-2-4-18(20)21(15)16/h2-5,9,13H,6-8,10-12H2,1H3,(H,25,26). The van der Waals surface area contributed by atoms with Crippen LogP contribution in [0.15, 0.2) is 40.9 Å². The molecule has 26 heavy (non-hydrogen) atoms. The van der Waals surface area contributed by atoms with E-state index in [1.807, 2.05) is 25.1 Å². The van der Waals surface area contributed by atoms with Crippen molar-refractivity contribution in [1.29, 1.82) is 0 Å². The van der Waals surface area contributed by atoms with Crippen molar-refractivity contribution >= 4 is 33.0 Å². The van der Waals surface area contributed by atoms with E-state index in [1.54, 1.807) is 5.57 Å². The zero-order valence-corrected chi connectivity index (χ0v) is 16.6. The Balaban J connectivity index is 1.57. The van der Waals surface area contributed by atoms with Crippen LogP contribution < -0.4 is 15.8 Å². The second-order valence-electron chi connectivity index (χ2n) is 7.92. The number of hydrogen-bond acceptors (Lipinski definition) is 1. The zero-order valence-electron chi connectivity index (χ0n) is 15.0. The van der Waals surface area contributed by atoms with E-state index >= 15 is 0 Å². The third-order valence-electron chi connectivity index (χ3n) is 6.33. The molecule has 0 heterocycles. The molecule has 1 N–H and O–H groups in total. The van der Waals surface area contributed by atoms with E-state index in [0.717, 1.165) is 41.3 Å². The smallest absolute Gasteiger partial charge is 0.252 e. The Bertz CT molecular complexity index is 1060. The molecule has 0 atom stereocenters. The van der Waals surface area contributed by atoms with Crippen LogP contribution in [0.3, 0.4) is 0 Å². The Morgan fingerprint density at radius 1 is 1.08 bits per heavy atom. The van der Waals surface area contributed by atoms with Crippen LogP contribution in [0.2, 0.25) is 0 Å². The van der Waals surface area contributed by atoms with Gasteiger partial charge in [-0.15, -0.1) is 0 Å². The van der Waals surface area contributed by atoms with E-state index in [-0.39, 0.29) is 11.4 Å². The van der Waals surface area contributed by atoms with Gasteiger partial charge in [-0.05, 0) is 84.7 Å². The van der Waals surface area contributed by atoms with Crippen molar-refractivity contribution in [2.45, 2.75) is 51.0 Å². The summed E-state index contributed by atoms with van der Waals surface area (Å²) in [5.41, 5.74) is 6.25. The highest BCUT2D eigenvalue weighted by atomic mass is 79.9. The van der Waals surface area contributed by atoms with E-state index in [2.05, 4.69) is 39.4 Å². The molecular weight excluding hydrogens is 386 g/mol. The Hall–Kier alpha value is -1.87. The number of aryl methyl sites for hydroxylation is 2. The lowest BCUT2D eigenvalue weighted by Crippen LogP contribution is -2.44. The van der Waals surface area contributed by atoms with E-state index in [0.29, 0.717) is 0 Å². The molecule has 5 rings (SSSR count). The van der Waals surface area contributed by atoms with Crippen molar-refractivity contribution in [3.8, 4) is 0 Å². The lowest BCUT2D eigenvalue weighted by molar-refractivity contribution is 0.0940. The van der Waals surface area contributed by atoms with Gasteiger partial charge in [-0.3, -0.25) is 4.79 Å². The quantitative estimate of drug-likeness (QED) is 0.824. The molecule has 2 aromatic carbocycles. The van der Waals surface area contributed by atoms with E-state index in [4.69, 9.17) is 0 Å². The van der Waals surface area contributed by atoms with E-state index in [1.165, 1.54) is 34.4 Å². The van der Waals surface area contributed by atoms with Crippen LogP contribution in [0, 0.1) is 6.92 Å². The van der Waals surface area contributed by atoms with Gasteiger partial charge in [0.15, 0.2) is 0 Å². The molecule has 0 aliphatic heterocycles. The second kappa shape index (κ2) is 5.82. The molecule has 1 amide bonds. The number of carbonyl (C=O) groups is 1. The minimum Gasteiger partial charge on any atom is -0.343 e. The Morgan fingerprint density at radius 3 is 2.69 bits per heavy atom. The predicted molar refractivity (Wildman–Crippen MR) is 108 cm³/mol. The maximum absolute atomic E-state index is 13.0. The second-order valence-corrected chi connectivity index (χ2v) is 8.83. The van der Waals surface area contributed by atoms with Gasteiger partial charge in [0.2, 0.25) is 0 Å². The van der Waals surface area contributed by atoms with Gasteiger partial charge in [0, 0.05) is 10.0 Å². The fraction of sp³-hybridized carbons (Fsp3) is 0.348. The molecule has 0 spiro atoms. The number of benzene rings is 2. The molecule has 3 aliphatic carbocycles. The molecule has 0 aromatic heterocycles. The van der Waals surface area contributed by atoms with Crippen LogP contribution in [-0.2, 0) is 6.42 Å². The zero-order chi connectivity index (χ0) is 17.9. The van der Waals surface area contributed by atoms with Crippen LogP contribution in [0.25, 0.3) is 11.1 Å². The minimum atomic E-state index is -0.130. The monoisotopic (exact) mass is 407 g/mol. The molecule has 1 fully saturated rings. The van der Waals surface area contributed by atoms with Crippen LogP contribution in [-0.4, -0.2) is 11.4 Å². The van der Waals surface area contributed by atoms with Crippen molar-refractivity contribution in [3.63, 3.8) is 0 Å². The van der Waals surface area contributed by atoms with Gasteiger partial charge in [-0.25, -0.2) is 0 Å². The van der Waals surface area contributed by atoms with Gasteiger partial charge in [0.05, 0.1) is 5.54 Å². The molecule has 0 radical (unpaired) electrons. The lowest BCUT2D eigenvalue weighted by atomic mass is 9.88. The van der Waals surface area contributed by atoms with Crippen molar-refractivity contribution in [2.75, 3.05) is 0 Å². The summed E-state index contributed by atoms with van der Waals surface area (Å²) in [6, 6.07) is 12.7. The fourth-order valence-electron chi connectivity index (χ4n) is 4.80. The maximum atomic E-state index is 13.0. The molecule has 2 nitrogen and oxygen atoms in total. The van der Waals surface area contributed by atoms with Gasteiger partial charge < -0.3 is 5.32 Å². The molecular formula is C23H22BrNO. The average Bonchev–Trinajstić information content (AvgIpc) is 3.29. The van der Waals surface area contributed by atoms with Gasteiger partial charge in [-0.1, -0.05) is 45.8 Å².